The van der Waals surface area contributed by atoms with E-state index in [0.717, 1.165) is 19.4 Å². The smallest absolute Gasteiger partial charge is 0.307 e. The Balaban J connectivity index is 1.66. The van der Waals surface area contributed by atoms with Crippen molar-refractivity contribution in [1.29, 1.82) is 0 Å². The van der Waals surface area contributed by atoms with Crippen molar-refractivity contribution in [3.8, 4) is 11.1 Å². The van der Waals surface area contributed by atoms with Crippen LogP contribution in [0.15, 0.2) is 60.7 Å². The number of nitrogens with two attached hydrogens (primary N) is 1. The minimum atomic E-state index is -0.990. The molecule has 3 aromatic rings. The van der Waals surface area contributed by atoms with Gasteiger partial charge in [0.25, 0.3) is 5.91 Å². The van der Waals surface area contributed by atoms with Crippen molar-refractivity contribution in [3.63, 3.8) is 0 Å². The van der Waals surface area contributed by atoms with Gasteiger partial charge in [0.2, 0.25) is 0 Å². The van der Waals surface area contributed by atoms with Crippen LogP contribution in [0.3, 0.4) is 0 Å². The van der Waals surface area contributed by atoms with Crippen LogP contribution in [0.4, 0.5) is 15.8 Å². The van der Waals surface area contributed by atoms with Crippen molar-refractivity contribution in [1.82, 2.24) is 0 Å². The number of ether oxygens (including phenoxy) is 1. The second kappa shape index (κ2) is 11.1. The van der Waals surface area contributed by atoms with E-state index in [1.165, 1.54) is 12.1 Å². The van der Waals surface area contributed by atoms with Crippen molar-refractivity contribution in [2.75, 3.05) is 23.8 Å². The van der Waals surface area contributed by atoms with E-state index in [-0.39, 0.29) is 19.1 Å². The van der Waals surface area contributed by atoms with Crippen LogP contribution in [0.5, 0.6) is 0 Å². The first-order valence-electron chi connectivity index (χ1n) is 11.5. The highest BCUT2D eigenvalue weighted by Gasteiger charge is 2.17. The molecular weight excluding hydrogens is 449 g/mol. The average molecular weight is 478 g/mol. The third kappa shape index (κ3) is 6.44. The molecule has 4 rings (SSSR count). The average Bonchev–Trinajstić information content (AvgIpc) is 3.37. The number of anilines is 2. The summed E-state index contributed by atoms with van der Waals surface area (Å²) in [4.78, 5) is 24.4. The summed E-state index contributed by atoms with van der Waals surface area (Å²) >= 11 is 0. The number of benzene rings is 3. The van der Waals surface area contributed by atoms with Crippen LogP contribution in [0, 0.1) is 5.82 Å². The molecule has 1 fully saturated rings. The Kier molecular flexibility index (Phi) is 7.74. The number of hydrogen-bond donors (Lipinski definition) is 4. The molecule has 1 atom stereocenters. The lowest BCUT2D eigenvalue weighted by molar-refractivity contribution is -0.136. The molecule has 8 heteroatoms. The van der Waals surface area contributed by atoms with Gasteiger partial charge >= 0.3 is 5.97 Å². The van der Waals surface area contributed by atoms with Gasteiger partial charge in [-0.25, -0.2) is 4.39 Å². The number of aliphatic carboxylic acids is 1. The quantitative estimate of drug-likeness (QED) is 0.363. The molecule has 1 amide bonds. The summed E-state index contributed by atoms with van der Waals surface area (Å²) < 4.78 is 19.9. The lowest BCUT2D eigenvalue weighted by Crippen LogP contribution is -2.19. The molecule has 0 spiro atoms. The number of carbonyl (C=O) groups is 2. The van der Waals surface area contributed by atoms with E-state index in [1.807, 2.05) is 6.07 Å². The van der Waals surface area contributed by atoms with Gasteiger partial charge in [0, 0.05) is 36.6 Å². The van der Waals surface area contributed by atoms with E-state index >= 15 is 0 Å². The van der Waals surface area contributed by atoms with Gasteiger partial charge in [0.1, 0.15) is 5.82 Å². The predicted octanol–water partition coefficient (Wildman–Crippen LogP) is 4.42. The first kappa shape index (κ1) is 24.4. The van der Waals surface area contributed by atoms with E-state index in [1.54, 1.807) is 42.5 Å². The van der Waals surface area contributed by atoms with Gasteiger partial charge in [-0.2, -0.15) is 0 Å². The monoisotopic (exact) mass is 477 g/mol. The van der Waals surface area contributed by atoms with E-state index in [9.17, 15) is 19.1 Å². The molecular formula is C27H28FN3O4. The zero-order valence-electron chi connectivity index (χ0n) is 19.2. The van der Waals surface area contributed by atoms with Gasteiger partial charge < -0.3 is 26.2 Å². The number of rotatable bonds is 9. The fraction of sp³-hybridized carbons (Fsp3) is 0.259. The Bertz CT molecular complexity index is 1220. The fourth-order valence-electron chi connectivity index (χ4n) is 4.15. The summed E-state index contributed by atoms with van der Waals surface area (Å²) in [6.45, 7) is 1.51. The molecule has 1 aliphatic heterocycles. The first-order valence-corrected chi connectivity index (χ1v) is 11.5. The third-order valence-corrected chi connectivity index (χ3v) is 5.89. The Morgan fingerprint density at radius 3 is 2.63 bits per heavy atom. The highest BCUT2D eigenvalue weighted by atomic mass is 19.1. The van der Waals surface area contributed by atoms with Crippen LogP contribution in [0.25, 0.3) is 11.1 Å². The molecule has 3 aromatic carbocycles. The number of para-hydroxylation sites is 1. The summed E-state index contributed by atoms with van der Waals surface area (Å²) in [5.74, 6) is -1.80. The molecule has 182 valence electrons. The Morgan fingerprint density at radius 1 is 1.09 bits per heavy atom. The van der Waals surface area contributed by atoms with Crippen LogP contribution in [0.2, 0.25) is 0 Å². The molecule has 0 radical (unpaired) electrons. The highest BCUT2D eigenvalue weighted by molar-refractivity contribution is 6.06. The van der Waals surface area contributed by atoms with Crippen molar-refractivity contribution in [3.05, 3.63) is 83.2 Å². The van der Waals surface area contributed by atoms with E-state index in [0.29, 0.717) is 45.7 Å². The molecule has 7 nitrogen and oxygen atoms in total. The van der Waals surface area contributed by atoms with Crippen LogP contribution >= 0.6 is 0 Å². The minimum Gasteiger partial charge on any atom is -0.481 e. The Labute approximate surface area is 203 Å². The second-order valence-corrected chi connectivity index (χ2v) is 8.55. The van der Waals surface area contributed by atoms with Gasteiger partial charge in [-0.15, -0.1) is 0 Å². The van der Waals surface area contributed by atoms with Gasteiger partial charge in [0.15, 0.2) is 0 Å². The molecule has 0 saturated carbocycles. The number of carboxylic acids is 1. The summed E-state index contributed by atoms with van der Waals surface area (Å²) in [7, 11) is 0. The largest absolute Gasteiger partial charge is 0.481 e. The van der Waals surface area contributed by atoms with E-state index in [2.05, 4.69) is 10.6 Å². The van der Waals surface area contributed by atoms with Gasteiger partial charge in [-0.05, 0) is 77.6 Å². The number of nitrogens with one attached hydrogen (secondary N) is 2. The second-order valence-electron chi connectivity index (χ2n) is 8.55. The maximum Gasteiger partial charge on any atom is 0.307 e. The number of halogens is 1. The molecule has 5 N–H and O–H groups in total. The van der Waals surface area contributed by atoms with Gasteiger partial charge in [0.05, 0.1) is 12.5 Å². The van der Waals surface area contributed by atoms with E-state index < -0.39 is 17.7 Å². The third-order valence-electron chi connectivity index (χ3n) is 5.89. The summed E-state index contributed by atoms with van der Waals surface area (Å²) in [6, 6.07) is 16.6. The van der Waals surface area contributed by atoms with Gasteiger partial charge in [-0.3, -0.25) is 9.59 Å². The fourth-order valence-corrected chi connectivity index (χ4v) is 4.15. The van der Waals surface area contributed by atoms with Crippen LogP contribution in [0.1, 0.15) is 34.3 Å². The normalized spacial score (nSPS) is 15.1. The summed E-state index contributed by atoms with van der Waals surface area (Å²) in [6.07, 6.45) is 1.86. The molecule has 0 aliphatic carbocycles. The van der Waals surface area contributed by atoms with Crippen LogP contribution in [-0.4, -0.2) is 36.2 Å². The summed E-state index contributed by atoms with van der Waals surface area (Å²) in [5.41, 5.74) is 9.60. The molecule has 35 heavy (non-hydrogen) atoms. The first-order chi connectivity index (χ1) is 16.9. The minimum absolute atomic E-state index is 0.0943. The van der Waals surface area contributed by atoms with Crippen molar-refractivity contribution in [2.24, 2.45) is 5.73 Å². The van der Waals surface area contributed by atoms with Crippen molar-refractivity contribution < 1.29 is 23.8 Å². The molecule has 0 aromatic heterocycles. The SMILES string of the molecule is NCc1cc(F)cc(-c2cc(NC[C@H]3CCCO3)cc(C(=O)Nc3ccccc3CC(=O)O)c2)c1. The highest BCUT2D eigenvalue weighted by Crippen LogP contribution is 2.28. The van der Waals surface area contributed by atoms with Gasteiger partial charge in [-0.1, -0.05) is 18.2 Å². The maximum absolute atomic E-state index is 14.2. The zero-order chi connectivity index (χ0) is 24.8. The van der Waals surface area contributed by atoms with Crippen LogP contribution in [-0.2, 0) is 22.5 Å². The topological polar surface area (TPSA) is 114 Å². The van der Waals surface area contributed by atoms with Crippen molar-refractivity contribution >= 4 is 23.3 Å². The number of amides is 1. The van der Waals surface area contributed by atoms with E-state index in [4.69, 9.17) is 10.5 Å². The standard InChI is InChI=1S/C27H28FN3O4/c28-22-9-17(15-29)8-19(11-22)20-10-21(13-23(12-20)30-16-24-5-3-7-35-24)27(34)31-25-6-2-1-4-18(25)14-26(32)33/h1-2,4,6,8-13,24,30H,3,5,7,14-16,29H2,(H,31,34)(H,32,33)/t24-/m1/s1. The Hall–Kier alpha value is -3.75. The summed E-state index contributed by atoms with van der Waals surface area (Å²) in [5, 5.41) is 15.3. The Morgan fingerprint density at radius 2 is 1.89 bits per heavy atom. The number of hydrogen-bond acceptors (Lipinski definition) is 5. The maximum atomic E-state index is 14.2. The lowest BCUT2D eigenvalue weighted by atomic mass is 9.99. The molecule has 0 bridgehead atoms. The van der Waals surface area contributed by atoms with Crippen LogP contribution < -0.4 is 16.4 Å². The molecule has 1 heterocycles. The zero-order valence-corrected chi connectivity index (χ0v) is 19.2. The number of carboxylic acid groups (broad SMARTS) is 1. The molecule has 0 unspecified atom stereocenters. The molecule has 1 saturated heterocycles. The molecule has 1 aliphatic rings. The van der Waals surface area contributed by atoms with Crippen molar-refractivity contribution in [2.45, 2.75) is 31.9 Å². The number of carbonyl (C=O) groups excluding carboxylic acids is 1. The predicted molar refractivity (Wildman–Crippen MR) is 133 cm³/mol. The lowest BCUT2D eigenvalue weighted by Gasteiger charge is -2.16.